The highest BCUT2D eigenvalue weighted by atomic mass is 32.1. The van der Waals surface area contributed by atoms with Crippen molar-refractivity contribution in [1.82, 2.24) is 0 Å². The van der Waals surface area contributed by atoms with Crippen LogP contribution in [0.15, 0.2) is 41.1 Å². The Balaban J connectivity index is 2.04. The minimum atomic E-state index is -0.156. The van der Waals surface area contributed by atoms with Crippen molar-refractivity contribution >= 4 is 22.9 Å². The van der Waals surface area contributed by atoms with Crippen molar-refractivity contribution in [2.24, 2.45) is 0 Å². The second-order valence-corrected chi connectivity index (χ2v) is 4.28. The number of benzene rings is 1. The predicted octanol–water partition coefficient (Wildman–Crippen LogP) is 2.34. The zero-order chi connectivity index (χ0) is 12.8. The van der Waals surface area contributed by atoms with Crippen LogP contribution in [-0.2, 0) is 0 Å². The number of carbonyl (C=O) groups excluding carboxylic acids is 1. The summed E-state index contributed by atoms with van der Waals surface area (Å²) in [6.45, 7) is -0.156. The first-order chi connectivity index (χ1) is 8.79. The Hall–Kier alpha value is -2.09. The minimum absolute atomic E-state index is 0.120. The molecule has 2 aromatic rings. The third-order valence-electron chi connectivity index (χ3n) is 2.24. The van der Waals surface area contributed by atoms with Crippen LogP contribution in [0.2, 0.25) is 0 Å². The second-order valence-electron chi connectivity index (χ2n) is 3.50. The van der Waals surface area contributed by atoms with E-state index in [2.05, 4.69) is 17.2 Å². The van der Waals surface area contributed by atoms with Crippen molar-refractivity contribution in [3.05, 3.63) is 52.2 Å². The summed E-state index contributed by atoms with van der Waals surface area (Å²) in [5.74, 6) is 5.24. The molecule has 0 aliphatic rings. The monoisotopic (exact) mass is 257 g/mol. The molecule has 2 rings (SSSR count). The zero-order valence-corrected chi connectivity index (χ0v) is 10.3. The number of hydrogen-bond donors (Lipinski definition) is 2. The van der Waals surface area contributed by atoms with Crippen LogP contribution in [-0.4, -0.2) is 17.6 Å². The molecule has 0 saturated heterocycles. The van der Waals surface area contributed by atoms with E-state index in [1.165, 1.54) is 11.3 Å². The van der Waals surface area contributed by atoms with Gasteiger partial charge < -0.3 is 10.4 Å². The van der Waals surface area contributed by atoms with Gasteiger partial charge in [-0.25, -0.2) is 0 Å². The molecular formula is C14H11NO2S. The molecule has 0 unspecified atom stereocenters. The van der Waals surface area contributed by atoms with Gasteiger partial charge in [-0.1, -0.05) is 11.8 Å². The van der Waals surface area contributed by atoms with E-state index in [1.54, 1.807) is 35.7 Å². The van der Waals surface area contributed by atoms with Gasteiger partial charge in [-0.05, 0) is 35.7 Å². The summed E-state index contributed by atoms with van der Waals surface area (Å²) in [4.78, 5) is 11.8. The van der Waals surface area contributed by atoms with Gasteiger partial charge in [0.2, 0.25) is 0 Å². The summed E-state index contributed by atoms with van der Waals surface area (Å²) >= 11 is 1.49. The molecule has 0 atom stereocenters. The molecular weight excluding hydrogens is 246 g/mol. The summed E-state index contributed by atoms with van der Waals surface area (Å²) in [6, 6.07) is 8.94. The van der Waals surface area contributed by atoms with Gasteiger partial charge in [0.25, 0.3) is 5.91 Å². The van der Waals surface area contributed by atoms with Gasteiger partial charge >= 0.3 is 0 Å². The fraction of sp³-hybridized carbons (Fsp3) is 0.0714. The van der Waals surface area contributed by atoms with Crippen LogP contribution in [0, 0.1) is 11.8 Å². The van der Waals surface area contributed by atoms with Crippen LogP contribution in [0.1, 0.15) is 15.9 Å². The van der Waals surface area contributed by atoms with Gasteiger partial charge in [-0.2, -0.15) is 11.3 Å². The largest absolute Gasteiger partial charge is 0.384 e. The van der Waals surface area contributed by atoms with Gasteiger partial charge in [-0.3, -0.25) is 4.79 Å². The quantitative estimate of drug-likeness (QED) is 0.811. The number of thiophene rings is 1. The smallest absolute Gasteiger partial charge is 0.256 e. The Morgan fingerprint density at radius 1 is 1.28 bits per heavy atom. The summed E-state index contributed by atoms with van der Waals surface area (Å²) in [5.41, 5.74) is 2.18. The third kappa shape index (κ3) is 3.20. The van der Waals surface area contributed by atoms with E-state index in [1.807, 2.05) is 5.38 Å². The first-order valence-electron chi connectivity index (χ1n) is 5.33. The molecule has 1 amide bonds. The fourth-order valence-corrected chi connectivity index (χ4v) is 2.01. The van der Waals surface area contributed by atoms with Crippen LogP contribution in [0.25, 0.3) is 0 Å². The molecule has 0 radical (unpaired) electrons. The highest BCUT2D eigenvalue weighted by Gasteiger charge is 2.05. The standard InChI is InChI=1S/C14H11NO2S/c16-8-1-2-11-3-5-13(6-4-11)15-14(17)12-7-9-18-10-12/h3-7,9-10,16H,8H2,(H,15,17). The van der Waals surface area contributed by atoms with Gasteiger partial charge in [0.1, 0.15) is 6.61 Å². The van der Waals surface area contributed by atoms with E-state index in [0.29, 0.717) is 5.56 Å². The van der Waals surface area contributed by atoms with E-state index in [9.17, 15) is 4.79 Å². The summed E-state index contributed by atoms with van der Waals surface area (Å²) in [5, 5.41) is 15.0. The normalized spacial score (nSPS) is 9.39. The number of anilines is 1. The van der Waals surface area contributed by atoms with Crippen molar-refractivity contribution in [2.45, 2.75) is 0 Å². The van der Waals surface area contributed by atoms with E-state index in [4.69, 9.17) is 5.11 Å². The zero-order valence-electron chi connectivity index (χ0n) is 9.51. The molecule has 0 spiro atoms. The van der Waals surface area contributed by atoms with E-state index >= 15 is 0 Å². The number of aliphatic hydroxyl groups is 1. The molecule has 2 N–H and O–H groups in total. The van der Waals surface area contributed by atoms with Crippen LogP contribution >= 0.6 is 11.3 Å². The lowest BCUT2D eigenvalue weighted by Crippen LogP contribution is -2.10. The van der Waals surface area contributed by atoms with Crippen molar-refractivity contribution in [3.63, 3.8) is 0 Å². The number of amides is 1. The Morgan fingerprint density at radius 3 is 2.67 bits per heavy atom. The molecule has 0 aliphatic carbocycles. The van der Waals surface area contributed by atoms with Gasteiger partial charge in [0, 0.05) is 16.6 Å². The number of carbonyl (C=O) groups is 1. The van der Waals surface area contributed by atoms with Crippen LogP contribution in [0.5, 0.6) is 0 Å². The molecule has 3 nitrogen and oxygen atoms in total. The highest BCUT2D eigenvalue weighted by Crippen LogP contribution is 2.12. The van der Waals surface area contributed by atoms with Crippen molar-refractivity contribution in [2.75, 3.05) is 11.9 Å². The van der Waals surface area contributed by atoms with Crippen LogP contribution in [0.4, 0.5) is 5.69 Å². The molecule has 0 saturated carbocycles. The number of rotatable bonds is 2. The molecule has 4 heteroatoms. The topological polar surface area (TPSA) is 49.3 Å². The molecule has 18 heavy (non-hydrogen) atoms. The lowest BCUT2D eigenvalue weighted by molar-refractivity contribution is 0.102. The maximum Gasteiger partial charge on any atom is 0.256 e. The average Bonchev–Trinajstić information content (AvgIpc) is 2.92. The summed E-state index contributed by atoms with van der Waals surface area (Å²) < 4.78 is 0. The Kier molecular flexibility index (Phi) is 4.13. The Morgan fingerprint density at radius 2 is 2.06 bits per heavy atom. The molecule has 1 heterocycles. The minimum Gasteiger partial charge on any atom is -0.384 e. The number of aliphatic hydroxyl groups excluding tert-OH is 1. The first-order valence-corrected chi connectivity index (χ1v) is 6.27. The highest BCUT2D eigenvalue weighted by molar-refractivity contribution is 7.08. The lowest BCUT2D eigenvalue weighted by atomic mass is 10.2. The Labute approximate surface area is 109 Å². The van der Waals surface area contributed by atoms with Gasteiger partial charge in [0.05, 0.1) is 5.56 Å². The van der Waals surface area contributed by atoms with Gasteiger partial charge in [0.15, 0.2) is 0 Å². The van der Waals surface area contributed by atoms with E-state index in [0.717, 1.165) is 11.3 Å². The average molecular weight is 257 g/mol. The van der Waals surface area contributed by atoms with Crippen molar-refractivity contribution in [1.29, 1.82) is 0 Å². The summed E-state index contributed by atoms with van der Waals surface area (Å²) in [7, 11) is 0. The van der Waals surface area contributed by atoms with E-state index < -0.39 is 0 Å². The molecule has 1 aromatic heterocycles. The SMILES string of the molecule is O=C(Nc1ccc(C#CCO)cc1)c1ccsc1. The lowest BCUT2D eigenvalue weighted by Gasteiger charge is -2.03. The first kappa shape index (κ1) is 12.4. The number of nitrogens with one attached hydrogen (secondary N) is 1. The third-order valence-corrected chi connectivity index (χ3v) is 2.92. The maximum atomic E-state index is 11.8. The number of hydrogen-bond acceptors (Lipinski definition) is 3. The van der Waals surface area contributed by atoms with Crippen molar-refractivity contribution < 1.29 is 9.90 Å². The second kappa shape index (κ2) is 6.01. The molecule has 0 bridgehead atoms. The molecule has 1 aromatic carbocycles. The van der Waals surface area contributed by atoms with E-state index in [-0.39, 0.29) is 12.5 Å². The fourth-order valence-electron chi connectivity index (χ4n) is 1.38. The molecule has 90 valence electrons. The van der Waals surface area contributed by atoms with Crippen LogP contribution < -0.4 is 5.32 Å². The Bertz CT molecular complexity index is 577. The predicted molar refractivity (Wildman–Crippen MR) is 72.7 cm³/mol. The molecule has 0 fully saturated rings. The molecule has 0 aliphatic heterocycles. The maximum absolute atomic E-state index is 11.8. The summed E-state index contributed by atoms with van der Waals surface area (Å²) in [6.07, 6.45) is 0. The van der Waals surface area contributed by atoms with Crippen LogP contribution in [0.3, 0.4) is 0 Å². The van der Waals surface area contributed by atoms with Crippen molar-refractivity contribution in [3.8, 4) is 11.8 Å². The van der Waals surface area contributed by atoms with Gasteiger partial charge in [-0.15, -0.1) is 0 Å².